The van der Waals surface area contributed by atoms with E-state index in [-0.39, 0.29) is 11.6 Å². The molecule has 0 spiro atoms. The molecule has 2 unspecified atom stereocenters. The van der Waals surface area contributed by atoms with Crippen molar-refractivity contribution in [1.82, 2.24) is 0 Å². The maximum Gasteiger partial charge on any atom is 0.123 e. The minimum absolute atomic E-state index is 0.0891. The number of hydrogen-bond donors (Lipinski definition) is 1. The first-order valence-corrected chi connectivity index (χ1v) is 5.50. The van der Waals surface area contributed by atoms with Gasteiger partial charge in [0, 0.05) is 17.5 Å². The van der Waals surface area contributed by atoms with Gasteiger partial charge in [-0.1, -0.05) is 19.1 Å². The lowest BCUT2D eigenvalue weighted by atomic mass is 9.88. The van der Waals surface area contributed by atoms with E-state index in [0.29, 0.717) is 5.92 Å². The van der Waals surface area contributed by atoms with Crippen LogP contribution in [0.25, 0.3) is 0 Å². The van der Waals surface area contributed by atoms with E-state index in [1.807, 2.05) is 13.0 Å². The van der Waals surface area contributed by atoms with Crippen LogP contribution in [0.4, 0.5) is 0 Å². The van der Waals surface area contributed by atoms with Crippen LogP contribution in [0.1, 0.15) is 50.8 Å². The van der Waals surface area contributed by atoms with Crippen molar-refractivity contribution in [3.8, 4) is 5.75 Å². The third-order valence-corrected chi connectivity index (χ3v) is 3.44. The Kier molecular flexibility index (Phi) is 2.27. The predicted molar refractivity (Wildman–Crippen MR) is 62.2 cm³/mol. The SMILES string of the molecule is CC(N)c1ccc2c(c1)C(C)C(C)(C)O2. The second-order valence-corrected chi connectivity index (χ2v) is 5.01. The minimum Gasteiger partial charge on any atom is -0.487 e. The van der Waals surface area contributed by atoms with Crippen LogP contribution in [0.5, 0.6) is 5.75 Å². The van der Waals surface area contributed by atoms with Gasteiger partial charge in [0.1, 0.15) is 11.4 Å². The number of fused-ring (bicyclic) bond motifs is 1. The number of benzene rings is 1. The van der Waals surface area contributed by atoms with Crippen LogP contribution < -0.4 is 10.5 Å². The lowest BCUT2D eigenvalue weighted by molar-refractivity contribution is 0.116. The van der Waals surface area contributed by atoms with Crippen LogP contribution in [0.3, 0.4) is 0 Å². The van der Waals surface area contributed by atoms with Crippen molar-refractivity contribution in [2.45, 2.75) is 45.3 Å². The Morgan fingerprint density at radius 2 is 2.07 bits per heavy atom. The van der Waals surface area contributed by atoms with Gasteiger partial charge in [-0.05, 0) is 32.4 Å². The van der Waals surface area contributed by atoms with Crippen molar-refractivity contribution in [2.24, 2.45) is 5.73 Å². The Balaban J connectivity index is 2.44. The van der Waals surface area contributed by atoms with Crippen molar-refractivity contribution in [3.05, 3.63) is 29.3 Å². The molecule has 2 N–H and O–H groups in total. The molecule has 0 bridgehead atoms. The zero-order chi connectivity index (χ0) is 11.2. The van der Waals surface area contributed by atoms with Crippen molar-refractivity contribution < 1.29 is 4.74 Å². The number of nitrogens with two attached hydrogens (primary N) is 1. The summed E-state index contributed by atoms with van der Waals surface area (Å²) in [6, 6.07) is 6.36. The van der Waals surface area contributed by atoms with Gasteiger partial charge in [-0.2, -0.15) is 0 Å². The van der Waals surface area contributed by atoms with E-state index in [1.54, 1.807) is 0 Å². The summed E-state index contributed by atoms with van der Waals surface area (Å²) in [5, 5.41) is 0. The Bertz CT molecular complexity index is 382. The lowest BCUT2D eigenvalue weighted by Gasteiger charge is -2.22. The smallest absolute Gasteiger partial charge is 0.123 e. The van der Waals surface area contributed by atoms with Crippen molar-refractivity contribution >= 4 is 0 Å². The molecule has 2 atom stereocenters. The summed E-state index contributed by atoms with van der Waals surface area (Å²) in [4.78, 5) is 0. The molecular formula is C13H19NO. The molecule has 1 aromatic carbocycles. The van der Waals surface area contributed by atoms with Gasteiger partial charge in [0.15, 0.2) is 0 Å². The molecule has 2 heteroatoms. The van der Waals surface area contributed by atoms with E-state index in [4.69, 9.17) is 10.5 Å². The number of rotatable bonds is 1. The first kappa shape index (κ1) is 10.5. The average molecular weight is 205 g/mol. The Hall–Kier alpha value is -1.02. The number of hydrogen-bond acceptors (Lipinski definition) is 2. The van der Waals surface area contributed by atoms with Crippen LogP contribution in [-0.2, 0) is 0 Å². The number of ether oxygens (including phenoxy) is 1. The Labute approximate surface area is 91.4 Å². The highest BCUT2D eigenvalue weighted by Gasteiger charge is 2.37. The van der Waals surface area contributed by atoms with Crippen molar-refractivity contribution in [2.75, 3.05) is 0 Å². The summed E-state index contributed by atoms with van der Waals surface area (Å²) in [7, 11) is 0. The normalized spacial score (nSPS) is 24.5. The zero-order valence-corrected chi connectivity index (χ0v) is 9.87. The molecule has 1 aliphatic rings. The minimum atomic E-state index is -0.0984. The van der Waals surface area contributed by atoms with E-state index < -0.39 is 0 Å². The van der Waals surface area contributed by atoms with Gasteiger partial charge in [0.25, 0.3) is 0 Å². The molecule has 1 aliphatic heterocycles. The van der Waals surface area contributed by atoms with E-state index in [1.165, 1.54) is 11.1 Å². The molecular weight excluding hydrogens is 186 g/mol. The van der Waals surface area contributed by atoms with E-state index in [0.717, 1.165) is 5.75 Å². The highest BCUT2D eigenvalue weighted by Crippen LogP contribution is 2.44. The molecule has 0 saturated carbocycles. The van der Waals surface area contributed by atoms with Gasteiger partial charge >= 0.3 is 0 Å². The molecule has 15 heavy (non-hydrogen) atoms. The fraction of sp³-hybridized carbons (Fsp3) is 0.538. The fourth-order valence-corrected chi connectivity index (χ4v) is 2.03. The third kappa shape index (κ3) is 1.63. The fourth-order valence-electron chi connectivity index (χ4n) is 2.03. The summed E-state index contributed by atoms with van der Waals surface area (Å²) < 4.78 is 5.90. The summed E-state index contributed by atoms with van der Waals surface area (Å²) in [6.07, 6.45) is 0. The predicted octanol–water partition coefficient (Wildman–Crippen LogP) is 2.98. The third-order valence-electron chi connectivity index (χ3n) is 3.44. The maximum atomic E-state index is 5.90. The van der Waals surface area contributed by atoms with Crippen molar-refractivity contribution in [1.29, 1.82) is 0 Å². The van der Waals surface area contributed by atoms with Crippen LogP contribution in [0.15, 0.2) is 18.2 Å². The molecule has 2 nitrogen and oxygen atoms in total. The largest absolute Gasteiger partial charge is 0.487 e. The Morgan fingerprint density at radius 1 is 1.40 bits per heavy atom. The molecule has 0 fully saturated rings. The van der Waals surface area contributed by atoms with Crippen LogP contribution in [0.2, 0.25) is 0 Å². The van der Waals surface area contributed by atoms with Crippen LogP contribution >= 0.6 is 0 Å². The first-order chi connectivity index (χ1) is 6.92. The summed E-state index contributed by atoms with van der Waals surface area (Å²) in [5.41, 5.74) is 8.25. The van der Waals surface area contributed by atoms with Crippen LogP contribution in [-0.4, -0.2) is 5.60 Å². The van der Waals surface area contributed by atoms with E-state index >= 15 is 0 Å². The summed E-state index contributed by atoms with van der Waals surface area (Å²) in [6.45, 7) is 8.47. The van der Waals surface area contributed by atoms with Gasteiger partial charge in [0.05, 0.1) is 0 Å². The highest BCUT2D eigenvalue weighted by molar-refractivity contribution is 5.45. The topological polar surface area (TPSA) is 35.2 Å². The van der Waals surface area contributed by atoms with Gasteiger partial charge in [-0.15, -0.1) is 0 Å². The molecule has 0 saturated heterocycles. The molecule has 2 rings (SSSR count). The molecule has 0 radical (unpaired) electrons. The second kappa shape index (κ2) is 3.24. The monoisotopic (exact) mass is 205 g/mol. The first-order valence-electron chi connectivity index (χ1n) is 5.50. The van der Waals surface area contributed by atoms with Crippen LogP contribution in [0, 0.1) is 0 Å². The quantitative estimate of drug-likeness (QED) is 0.765. The second-order valence-electron chi connectivity index (χ2n) is 5.01. The standard InChI is InChI=1S/C13H19NO/c1-8-11-7-10(9(2)14)5-6-12(11)15-13(8,3)4/h5-9H,14H2,1-4H3. The van der Waals surface area contributed by atoms with Gasteiger partial charge in [-0.3, -0.25) is 0 Å². The van der Waals surface area contributed by atoms with Gasteiger partial charge < -0.3 is 10.5 Å². The summed E-state index contributed by atoms with van der Waals surface area (Å²) >= 11 is 0. The molecule has 0 amide bonds. The lowest BCUT2D eigenvalue weighted by Crippen LogP contribution is -2.28. The van der Waals surface area contributed by atoms with E-state index in [9.17, 15) is 0 Å². The average Bonchev–Trinajstić information content (AvgIpc) is 2.37. The summed E-state index contributed by atoms with van der Waals surface area (Å²) in [5.74, 6) is 1.43. The zero-order valence-electron chi connectivity index (χ0n) is 9.87. The highest BCUT2D eigenvalue weighted by atomic mass is 16.5. The Morgan fingerprint density at radius 3 is 2.67 bits per heavy atom. The molecule has 82 valence electrons. The molecule has 0 aliphatic carbocycles. The molecule has 1 heterocycles. The molecule has 1 aromatic rings. The van der Waals surface area contributed by atoms with Gasteiger partial charge in [-0.25, -0.2) is 0 Å². The molecule has 0 aromatic heterocycles. The van der Waals surface area contributed by atoms with Gasteiger partial charge in [0.2, 0.25) is 0 Å². The maximum absolute atomic E-state index is 5.90. The van der Waals surface area contributed by atoms with E-state index in [2.05, 4.69) is 32.9 Å². The van der Waals surface area contributed by atoms with Crippen molar-refractivity contribution in [3.63, 3.8) is 0 Å².